The van der Waals surface area contributed by atoms with Crippen molar-refractivity contribution in [2.24, 2.45) is 5.92 Å². The van der Waals surface area contributed by atoms with E-state index < -0.39 is 21.7 Å². The van der Waals surface area contributed by atoms with Gasteiger partial charge in [0.25, 0.3) is 0 Å². The lowest BCUT2D eigenvalue weighted by atomic mass is 10.1. The average Bonchev–Trinajstić information content (AvgIpc) is 2.73. The molecule has 2 N–H and O–H groups in total. The van der Waals surface area contributed by atoms with Crippen LogP contribution < -0.4 is 19.7 Å². The number of hydrogen-bond donors (Lipinski definition) is 2. The van der Waals surface area contributed by atoms with Gasteiger partial charge < -0.3 is 15.0 Å². The van der Waals surface area contributed by atoms with Crippen molar-refractivity contribution in [1.29, 1.82) is 0 Å². The molecule has 32 heavy (non-hydrogen) atoms. The standard InChI is InChI=1S/C23H30ClN3O4S/c1-17(2)15-31-22-11-8-19(14-21(22)24)25-23(28)16-32(29,30)26-18-6-9-20(10-7-18)27-12-4-3-5-13-27/h6-11,14,17,26H,3-5,12-13,15-16H2,1-2H3,(H,25,28). The van der Waals surface area contributed by atoms with Crippen LogP contribution in [0.3, 0.4) is 0 Å². The molecule has 0 spiro atoms. The molecule has 0 radical (unpaired) electrons. The van der Waals surface area contributed by atoms with Crippen molar-refractivity contribution in [3.63, 3.8) is 0 Å². The number of rotatable bonds is 9. The number of amides is 1. The number of benzene rings is 2. The largest absolute Gasteiger partial charge is 0.492 e. The molecule has 1 aliphatic heterocycles. The van der Waals surface area contributed by atoms with Crippen molar-refractivity contribution in [3.05, 3.63) is 47.5 Å². The molecule has 9 heteroatoms. The van der Waals surface area contributed by atoms with E-state index >= 15 is 0 Å². The number of sulfonamides is 1. The number of halogens is 1. The lowest BCUT2D eigenvalue weighted by molar-refractivity contribution is -0.113. The van der Waals surface area contributed by atoms with E-state index in [9.17, 15) is 13.2 Å². The number of carbonyl (C=O) groups is 1. The average molecular weight is 480 g/mol. The molecule has 0 unspecified atom stereocenters. The molecule has 1 aliphatic rings. The topological polar surface area (TPSA) is 87.7 Å². The van der Waals surface area contributed by atoms with Gasteiger partial charge >= 0.3 is 0 Å². The van der Waals surface area contributed by atoms with Crippen molar-refractivity contribution < 1.29 is 17.9 Å². The van der Waals surface area contributed by atoms with Crippen LogP contribution in [-0.4, -0.2) is 39.8 Å². The maximum Gasteiger partial charge on any atom is 0.241 e. The summed E-state index contributed by atoms with van der Waals surface area (Å²) in [4.78, 5) is 14.6. The molecule has 3 rings (SSSR count). The minimum Gasteiger partial charge on any atom is -0.492 e. The molecule has 2 aromatic rings. The van der Waals surface area contributed by atoms with E-state index in [1.807, 2.05) is 26.0 Å². The van der Waals surface area contributed by atoms with E-state index in [1.165, 1.54) is 25.3 Å². The van der Waals surface area contributed by atoms with Gasteiger partial charge in [0.1, 0.15) is 11.5 Å². The van der Waals surface area contributed by atoms with E-state index in [-0.39, 0.29) is 0 Å². The second-order valence-electron chi connectivity index (χ2n) is 8.35. The molecule has 0 atom stereocenters. The van der Waals surface area contributed by atoms with E-state index in [2.05, 4.69) is 14.9 Å². The molecule has 1 saturated heterocycles. The lowest BCUT2D eigenvalue weighted by Crippen LogP contribution is -2.29. The quantitative estimate of drug-likeness (QED) is 0.542. The van der Waals surface area contributed by atoms with Gasteiger partial charge in [0.05, 0.1) is 11.6 Å². The first-order chi connectivity index (χ1) is 15.2. The van der Waals surface area contributed by atoms with Crippen LogP contribution in [0, 0.1) is 5.92 Å². The third kappa shape index (κ3) is 7.31. The van der Waals surface area contributed by atoms with Gasteiger partial charge in [-0.3, -0.25) is 9.52 Å². The molecule has 0 bridgehead atoms. The fourth-order valence-electron chi connectivity index (χ4n) is 3.43. The van der Waals surface area contributed by atoms with Crippen LogP contribution in [-0.2, 0) is 14.8 Å². The predicted octanol–water partition coefficient (Wildman–Crippen LogP) is 4.75. The second-order valence-corrected chi connectivity index (χ2v) is 10.5. The fourth-order valence-corrected chi connectivity index (χ4v) is 4.65. The maximum atomic E-state index is 12.4. The Bertz CT molecular complexity index is 1020. The molecule has 2 aromatic carbocycles. The van der Waals surface area contributed by atoms with Crippen LogP contribution in [0.1, 0.15) is 33.1 Å². The van der Waals surface area contributed by atoms with E-state index in [0.29, 0.717) is 34.7 Å². The Morgan fingerprint density at radius 2 is 1.72 bits per heavy atom. The number of hydrogen-bond acceptors (Lipinski definition) is 5. The number of nitrogens with one attached hydrogen (secondary N) is 2. The Morgan fingerprint density at radius 3 is 2.34 bits per heavy atom. The van der Waals surface area contributed by atoms with Crippen molar-refractivity contribution in [2.75, 3.05) is 40.4 Å². The van der Waals surface area contributed by atoms with Gasteiger partial charge in [-0.1, -0.05) is 25.4 Å². The fraction of sp³-hybridized carbons (Fsp3) is 0.435. The van der Waals surface area contributed by atoms with Gasteiger partial charge in [0, 0.05) is 30.2 Å². The maximum absolute atomic E-state index is 12.4. The Labute approximate surface area is 195 Å². The number of nitrogens with zero attached hydrogens (tertiary/aromatic N) is 1. The number of ether oxygens (including phenoxy) is 1. The monoisotopic (exact) mass is 479 g/mol. The Balaban J connectivity index is 1.54. The Kier molecular flexibility index (Phi) is 8.26. The Morgan fingerprint density at radius 1 is 1.06 bits per heavy atom. The second kappa shape index (κ2) is 10.9. The summed E-state index contributed by atoms with van der Waals surface area (Å²) < 4.78 is 32.9. The molecule has 1 amide bonds. The first-order valence-electron chi connectivity index (χ1n) is 10.8. The van der Waals surface area contributed by atoms with Crippen LogP contribution in [0.15, 0.2) is 42.5 Å². The van der Waals surface area contributed by atoms with Gasteiger partial charge in [-0.2, -0.15) is 0 Å². The SMILES string of the molecule is CC(C)COc1ccc(NC(=O)CS(=O)(=O)Nc2ccc(N3CCCCC3)cc2)cc1Cl. The van der Waals surface area contributed by atoms with Gasteiger partial charge in [-0.15, -0.1) is 0 Å². The molecule has 1 heterocycles. The molecular weight excluding hydrogens is 450 g/mol. The third-order valence-electron chi connectivity index (χ3n) is 4.97. The molecular formula is C23H30ClN3O4S. The highest BCUT2D eigenvalue weighted by molar-refractivity contribution is 7.93. The predicted molar refractivity (Wildman–Crippen MR) is 130 cm³/mol. The zero-order valence-electron chi connectivity index (χ0n) is 18.4. The van der Waals surface area contributed by atoms with Crippen molar-refractivity contribution in [3.8, 4) is 5.75 Å². The van der Waals surface area contributed by atoms with Gasteiger partial charge in [0.15, 0.2) is 0 Å². The van der Waals surface area contributed by atoms with Crippen molar-refractivity contribution in [1.82, 2.24) is 0 Å². The van der Waals surface area contributed by atoms with Crippen molar-refractivity contribution in [2.45, 2.75) is 33.1 Å². The summed E-state index contributed by atoms with van der Waals surface area (Å²) in [6.45, 7) is 6.61. The van der Waals surface area contributed by atoms with Crippen LogP contribution in [0.2, 0.25) is 5.02 Å². The number of piperidine rings is 1. The molecule has 0 aliphatic carbocycles. The first kappa shape index (κ1) is 24.2. The summed E-state index contributed by atoms with van der Waals surface area (Å²) >= 11 is 6.20. The Hall–Kier alpha value is -2.45. The van der Waals surface area contributed by atoms with Gasteiger partial charge in [0.2, 0.25) is 15.9 Å². The first-order valence-corrected chi connectivity index (χ1v) is 12.8. The van der Waals surface area contributed by atoms with Crippen molar-refractivity contribution >= 4 is 44.6 Å². The van der Waals surface area contributed by atoms with E-state index in [1.54, 1.807) is 24.3 Å². The van der Waals surface area contributed by atoms with E-state index in [0.717, 1.165) is 18.8 Å². The van der Waals surface area contributed by atoms with Gasteiger partial charge in [-0.25, -0.2) is 8.42 Å². The molecule has 7 nitrogen and oxygen atoms in total. The zero-order valence-corrected chi connectivity index (χ0v) is 20.0. The highest BCUT2D eigenvalue weighted by Crippen LogP contribution is 2.28. The summed E-state index contributed by atoms with van der Waals surface area (Å²) in [7, 11) is -3.86. The summed E-state index contributed by atoms with van der Waals surface area (Å²) in [5.41, 5.74) is 1.90. The van der Waals surface area contributed by atoms with Crippen LogP contribution in [0.25, 0.3) is 0 Å². The summed E-state index contributed by atoms with van der Waals surface area (Å²) in [5.74, 6) is -0.497. The molecule has 174 valence electrons. The zero-order chi connectivity index (χ0) is 23.1. The normalized spacial score (nSPS) is 14.3. The molecule has 1 fully saturated rings. The summed E-state index contributed by atoms with van der Waals surface area (Å²) in [5, 5.41) is 2.91. The van der Waals surface area contributed by atoms with Gasteiger partial charge in [-0.05, 0) is 67.6 Å². The highest BCUT2D eigenvalue weighted by atomic mass is 35.5. The lowest BCUT2D eigenvalue weighted by Gasteiger charge is -2.28. The highest BCUT2D eigenvalue weighted by Gasteiger charge is 2.18. The number of carbonyl (C=O) groups excluding carboxylic acids is 1. The number of anilines is 3. The van der Waals surface area contributed by atoms with Crippen LogP contribution in [0.4, 0.5) is 17.1 Å². The molecule has 0 saturated carbocycles. The van der Waals surface area contributed by atoms with Crippen LogP contribution in [0.5, 0.6) is 5.75 Å². The minimum atomic E-state index is -3.86. The minimum absolute atomic E-state index is 0.346. The molecule has 0 aromatic heterocycles. The summed E-state index contributed by atoms with van der Waals surface area (Å²) in [6, 6.07) is 12.0. The smallest absolute Gasteiger partial charge is 0.241 e. The third-order valence-corrected chi connectivity index (χ3v) is 6.46. The van der Waals surface area contributed by atoms with E-state index in [4.69, 9.17) is 16.3 Å². The van der Waals surface area contributed by atoms with Crippen LogP contribution >= 0.6 is 11.6 Å². The summed E-state index contributed by atoms with van der Waals surface area (Å²) in [6.07, 6.45) is 3.59.